The van der Waals surface area contributed by atoms with Crippen LogP contribution in [-0.2, 0) is 6.42 Å². The van der Waals surface area contributed by atoms with Crippen molar-refractivity contribution in [2.75, 3.05) is 0 Å². The SMILES string of the molecule is CCCCc1c[nH]ccc1=O. The monoisotopic (exact) mass is 151 g/mol. The van der Waals surface area contributed by atoms with Crippen molar-refractivity contribution in [3.05, 3.63) is 34.2 Å². The lowest BCUT2D eigenvalue weighted by Gasteiger charge is -1.95. The molecule has 0 unspecified atom stereocenters. The van der Waals surface area contributed by atoms with E-state index in [1.54, 1.807) is 18.5 Å². The summed E-state index contributed by atoms with van der Waals surface area (Å²) in [5.41, 5.74) is 1.05. The molecule has 1 rings (SSSR count). The van der Waals surface area contributed by atoms with Gasteiger partial charge in [-0.1, -0.05) is 13.3 Å². The molecular weight excluding hydrogens is 138 g/mol. The van der Waals surface area contributed by atoms with Crippen LogP contribution >= 0.6 is 0 Å². The Morgan fingerprint density at radius 1 is 1.55 bits per heavy atom. The van der Waals surface area contributed by atoms with Gasteiger partial charge in [-0.15, -0.1) is 0 Å². The summed E-state index contributed by atoms with van der Waals surface area (Å²) in [7, 11) is 0. The van der Waals surface area contributed by atoms with Crippen LogP contribution in [0.5, 0.6) is 0 Å². The summed E-state index contributed by atoms with van der Waals surface area (Å²) in [5.74, 6) is 0. The van der Waals surface area contributed by atoms with Gasteiger partial charge in [0.2, 0.25) is 0 Å². The zero-order chi connectivity index (χ0) is 8.10. The summed E-state index contributed by atoms with van der Waals surface area (Å²) in [6.07, 6.45) is 6.57. The number of rotatable bonds is 3. The Balaban J connectivity index is 2.70. The molecule has 11 heavy (non-hydrogen) atoms. The largest absolute Gasteiger partial charge is 0.367 e. The van der Waals surface area contributed by atoms with E-state index in [1.165, 1.54) is 0 Å². The van der Waals surface area contributed by atoms with E-state index in [2.05, 4.69) is 11.9 Å². The molecule has 0 atom stereocenters. The Hall–Kier alpha value is -1.05. The minimum atomic E-state index is 0.150. The molecule has 1 heterocycles. The number of nitrogens with one attached hydrogen (secondary N) is 1. The lowest BCUT2D eigenvalue weighted by Crippen LogP contribution is -2.06. The first-order valence-corrected chi connectivity index (χ1v) is 4.00. The number of pyridine rings is 1. The minimum Gasteiger partial charge on any atom is -0.367 e. The van der Waals surface area contributed by atoms with E-state index < -0.39 is 0 Å². The normalized spacial score (nSPS) is 9.91. The Labute approximate surface area is 66.3 Å². The summed E-state index contributed by atoms with van der Waals surface area (Å²) >= 11 is 0. The Morgan fingerprint density at radius 3 is 3.00 bits per heavy atom. The second-order valence-corrected chi connectivity index (χ2v) is 2.64. The van der Waals surface area contributed by atoms with Crippen LogP contribution in [-0.4, -0.2) is 4.98 Å². The Kier molecular flexibility index (Phi) is 2.90. The van der Waals surface area contributed by atoms with Gasteiger partial charge in [-0.2, -0.15) is 0 Å². The van der Waals surface area contributed by atoms with Crippen LogP contribution in [0, 0.1) is 0 Å². The van der Waals surface area contributed by atoms with Crippen molar-refractivity contribution in [1.82, 2.24) is 4.98 Å². The molecule has 0 aliphatic heterocycles. The molecule has 0 bridgehead atoms. The van der Waals surface area contributed by atoms with Crippen molar-refractivity contribution in [1.29, 1.82) is 0 Å². The van der Waals surface area contributed by atoms with Gasteiger partial charge >= 0.3 is 0 Å². The van der Waals surface area contributed by atoms with Crippen LogP contribution in [0.25, 0.3) is 0 Å². The second kappa shape index (κ2) is 3.96. The molecular formula is C9H13NO. The predicted octanol–water partition coefficient (Wildman–Crippen LogP) is 1.72. The van der Waals surface area contributed by atoms with Gasteiger partial charge in [0.25, 0.3) is 0 Å². The number of aromatic nitrogens is 1. The van der Waals surface area contributed by atoms with Crippen molar-refractivity contribution in [3.63, 3.8) is 0 Å². The van der Waals surface area contributed by atoms with E-state index >= 15 is 0 Å². The maximum Gasteiger partial charge on any atom is 0.184 e. The number of aryl methyl sites for hydroxylation is 1. The molecule has 0 aromatic carbocycles. The highest BCUT2D eigenvalue weighted by Crippen LogP contribution is 1.96. The molecule has 0 spiro atoms. The lowest BCUT2D eigenvalue weighted by molar-refractivity contribution is 0.788. The zero-order valence-corrected chi connectivity index (χ0v) is 6.76. The van der Waals surface area contributed by atoms with Crippen molar-refractivity contribution in [2.24, 2.45) is 0 Å². The molecule has 0 aliphatic carbocycles. The minimum absolute atomic E-state index is 0.150. The molecule has 2 heteroatoms. The van der Waals surface area contributed by atoms with E-state index in [9.17, 15) is 4.79 Å². The van der Waals surface area contributed by atoms with Crippen molar-refractivity contribution in [3.8, 4) is 0 Å². The number of unbranched alkanes of at least 4 members (excludes halogenated alkanes) is 1. The third-order valence-electron chi connectivity index (χ3n) is 1.70. The van der Waals surface area contributed by atoms with Gasteiger partial charge in [-0.3, -0.25) is 4.79 Å². The highest BCUT2D eigenvalue weighted by molar-refractivity contribution is 5.08. The lowest BCUT2D eigenvalue weighted by atomic mass is 10.1. The highest BCUT2D eigenvalue weighted by Gasteiger charge is 1.95. The maximum atomic E-state index is 11.1. The fourth-order valence-corrected chi connectivity index (χ4v) is 1.01. The Bertz CT molecular complexity index is 264. The number of hydrogen-bond donors (Lipinski definition) is 1. The van der Waals surface area contributed by atoms with Gasteiger partial charge in [0.1, 0.15) is 0 Å². The summed E-state index contributed by atoms with van der Waals surface area (Å²) in [5, 5.41) is 0. The van der Waals surface area contributed by atoms with E-state index in [-0.39, 0.29) is 5.43 Å². The molecule has 60 valence electrons. The predicted molar refractivity (Wildman–Crippen MR) is 45.7 cm³/mol. The molecule has 0 saturated carbocycles. The van der Waals surface area contributed by atoms with Gasteiger partial charge < -0.3 is 4.98 Å². The molecule has 0 fully saturated rings. The number of H-pyrrole nitrogens is 1. The molecule has 0 radical (unpaired) electrons. The van der Waals surface area contributed by atoms with Crippen molar-refractivity contribution in [2.45, 2.75) is 26.2 Å². The van der Waals surface area contributed by atoms with E-state index in [1.807, 2.05) is 0 Å². The molecule has 2 nitrogen and oxygen atoms in total. The first-order valence-electron chi connectivity index (χ1n) is 4.00. The summed E-state index contributed by atoms with van der Waals surface area (Å²) in [6, 6.07) is 1.57. The van der Waals surface area contributed by atoms with Crippen LogP contribution in [0.4, 0.5) is 0 Å². The zero-order valence-electron chi connectivity index (χ0n) is 6.76. The van der Waals surface area contributed by atoms with Crippen LogP contribution in [0.2, 0.25) is 0 Å². The summed E-state index contributed by atoms with van der Waals surface area (Å²) in [6.45, 7) is 2.12. The molecule has 1 N–H and O–H groups in total. The fourth-order valence-electron chi connectivity index (χ4n) is 1.01. The first kappa shape index (κ1) is 8.05. The smallest absolute Gasteiger partial charge is 0.184 e. The standard InChI is InChI=1S/C9H13NO/c1-2-3-4-8-7-10-6-5-9(8)11/h5-7H,2-4H2,1H3,(H,10,11). The molecule has 1 aromatic heterocycles. The molecule has 1 aromatic rings. The average molecular weight is 151 g/mol. The third-order valence-corrected chi connectivity index (χ3v) is 1.70. The summed E-state index contributed by atoms with van der Waals surface area (Å²) < 4.78 is 0. The fraction of sp³-hybridized carbons (Fsp3) is 0.444. The van der Waals surface area contributed by atoms with E-state index in [4.69, 9.17) is 0 Å². The van der Waals surface area contributed by atoms with Crippen LogP contribution in [0.15, 0.2) is 23.3 Å². The number of hydrogen-bond acceptors (Lipinski definition) is 1. The highest BCUT2D eigenvalue weighted by atomic mass is 16.1. The third kappa shape index (κ3) is 2.22. The van der Waals surface area contributed by atoms with Crippen LogP contribution in [0.1, 0.15) is 25.3 Å². The van der Waals surface area contributed by atoms with Crippen molar-refractivity contribution >= 4 is 0 Å². The van der Waals surface area contributed by atoms with Crippen LogP contribution < -0.4 is 5.43 Å². The van der Waals surface area contributed by atoms with Gasteiger partial charge in [0, 0.05) is 24.0 Å². The Morgan fingerprint density at radius 2 is 2.36 bits per heavy atom. The van der Waals surface area contributed by atoms with Gasteiger partial charge in [-0.25, -0.2) is 0 Å². The topological polar surface area (TPSA) is 32.9 Å². The molecule has 0 aliphatic rings. The first-order chi connectivity index (χ1) is 5.34. The quantitative estimate of drug-likeness (QED) is 0.701. The molecule has 0 amide bonds. The van der Waals surface area contributed by atoms with E-state index in [0.29, 0.717) is 0 Å². The van der Waals surface area contributed by atoms with Crippen LogP contribution in [0.3, 0.4) is 0 Å². The van der Waals surface area contributed by atoms with Crippen molar-refractivity contribution < 1.29 is 0 Å². The maximum absolute atomic E-state index is 11.1. The van der Waals surface area contributed by atoms with Gasteiger partial charge in [-0.05, 0) is 12.8 Å². The molecule has 0 saturated heterocycles. The second-order valence-electron chi connectivity index (χ2n) is 2.64. The average Bonchev–Trinajstić information content (AvgIpc) is 2.03. The van der Waals surface area contributed by atoms with Gasteiger partial charge in [0.15, 0.2) is 5.43 Å². The van der Waals surface area contributed by atoms with Gasteiger partial charge in [0.05, 0.1) is 0 Å². The summed E-state index contributed by atoms with van der Waals surface area (Å²) in [4.78, 5) is 14.0. The van der Waals surface area contributed by atoms with E-state index in [0.717, 1.165) is 24.8 Å². The number of aromatic amines is 1.